The van der Waals surface area contributed by atoms with Crippen molar-refractivity contribution >= 4 is 33.3 Å². The zero-order chi connectivity index (χ0) is 20.8. The highest BCUT2D eigenvalue weighted by Crippen LogP contribution is 2.33. The van der Waals surface area contributed by atoms with E-state index >= 15 is 0 Å². The molecule has 0 aliphatic heterocycles. The quantitative estimate of drug-likeness (QED) is 0.424. The molecule has 6 rings (SSSR count). The number of thiophene rings is 1. The number of hydrogen-bond donors (Lipinski definition) is 2. The van der Waals surface area contributed by atoms with Gasteiger partial charge in [-0.1, -0.05) is 6.07 Å². The van der Waals surface area contributed by atoms with Crippen LogP contribution in [-0.2, 0) is 0 Å². The summed E-state index contributed by atoms with van der Waals surface area (Å²) in [6, 6.07) is 7.98. The van der Waals surface area contributed by atoms with Gasteiger partial charge in [-0.05, 0) is 23.6 Å². The minimum atomic E-state index is 0.674. The second kappa shape index (κ2) is 6.99. The molecule has 0 amide bonds. The molecule has 0 spiro atoms. The lowest BCUT2D eigenvalue weighted by Crippen LogP contribution is -1.88. The van der Waals surface area contributed by atoms with Gasteiger partial charge in [-0.25, -0.2) is 4.98 Å². The van der Waals surface area contributed by atoms with Crippen molar-refractivity contribution < 1.29 is 4.74 Å². The summed E-state index contributed by atoms with van der Waals surface area (Å²) in [5, 5.41) is 10.5. The first-order valence-corrected chi connectivity index (χ1v) is 10.4. The van der Waals surface area contributed by atoms with E-state index in [4.69, 9.17) is 9.72 Å². The Kier molecular flexibility index (Phi) is 4.00. The summed E-state index contributed by atoms with van der Waals surface area (Å²) in [7, 11) is 1.62. The Morgan fingerprint density at radius 3 is 2.81 bits per heavy atom. The fraction of sp³-hybridized carbons (Fsp3) is 0.0455. The molecule has 0 fully saturated rings. The van der Waals surface area contributed by atoms with Crippen LogP contribution in [-0.4, -0.2) is 42.2 Å². The van der Waals surface area contributed by atoms with E-state index in [0.29, 0.717) is 11.6 Å². The Bertz CT molecular complexity index is 1530. The summed E-state index contributed by atoms with van der Waals surface area (Å²) >= 11 is 1.66. The van der Waals surface area contributed by atoms with Crippen molar-refractivity contribution in [3.8, 4) is 39.0 Å². The predicted octanol–water partition coefficient (Wildman–Crippen LogP) is 4.70. The van der Waals surface area contributed by atoms with Crippen LogP contribution in [0.25, 0.3) is 55.2 Å². The number of aromatic nitrogens is 7. The Morgan fingerprint density at radius 2 is 1.94 bits per heavy atom. The summed E-state index contributed by atoms with van der Waals surface area (Å²) in [6.07, 6.45) is 8.82. The van der Waals surface area contributed by atoms with Gasteiger partial charge in [0.1, 0.15) is 17.0 Å². The molecule has 31 heavy (non-hydrogen) atoms. The molecule has 6 heterocycles. The molecular formula is C22H15N7OS. The smallest absolute Gasteiger partial charge is 0.159 e. The molecule has 6 aromatic heterocycles. The molecule has 0 atom stereocenters. The zero-order valence-electron chi connectivity index (χ0n) is 16.3. The van der Waals surface area contributed by atoms with E-state index in [1.807, 2.05) is 29.8 Å². The van der Waals surface area contributed by atoms with Crippen LogP contribution in [0.5, 0.6) is 5.75 Å². The minimum absolute atomic E-state index is 0.674. The van der Waals surface area contributed by atoms with Crippen LogP contribution in [0.2, 0.25) is 0 Å². The number of nitrogens with one attached hydrogen (secondary N) is 2. The van der Waals surface area contributed by atoms with Crippen molar-refractivity contribution in [2.24, 2.45) is 0 Å². The monoisotopic (exact) mass is 425 g/mol. The maximum atomic E-state index is 5.29. The number of methoxy groups -OCH3 is 1. The largest absolute Gasteiger partial charge is 0.495 e. The Balaban J connectivity index is 1.50. The number of rotatable bonds is 4. The first-order chi connectivity index (χ1) is 15.3. The number of hydrogen-bond acceptors (Lipinski definition) is 7. The van der Waals surface area contributed by atoms with E-state index in [2.05, 4.69) is 36.2 Å². The molecule has 6 aromatic rings. The lowest BCUT2D eigenvalue weighted by Gasteiger charge is -2.03. The van der Waals surface area contributed by atoms with Gasteiger partial charge in [0.2, 0.25) is 0 Å². The normalized spacial score (nSPS) is 11.4. The van der Waals surface area contributed by atoms with Crippen molar-refractivity contribution in [1.29, 1.82) is 0 Å². The SMILES string of the molecule is COc1cncc(-c2cc3c(-c4nc5c(-c6cccs6)cncc5[nH]4)n[nH]c3cn2)c1. The highest BCUT2D eigenvalue weighted by atomic mass is 32.1. The predicted molar refractivity (Wildman–Crippen MR) is 120 cm³/mol. The van der Waals surface area contributed by atoms with Gasteiger partial charge in [-0.2, -0.15) is 5.10 Å². The second-order valence-electron chi connectivity index (χ2n) is 6.95. The van der Waals surface area contributed by atoms with Crippen LogP contribution in [0.1, 0.15) is 0 Å². The van der Waals surface area contributed by atoms with E-state index in [0.717, 1.165) is 49.3 Å². The first kappa shape index (κ1) is 17.7. The lowest BCUT2D eigenvalue weighted by molar-refractivity contribution is 0.413. The fourth-order valence-electron chi connectivity index (χ4n) is 3.58. The van der Waals surface area contributed by atoms with E-state index in [1.165, 1.54) is 0 Å². The third-order valence-corrected chi connectivity index (χ3v) is 6.00. The maximum absolute atomic E-state index is 5.29. The average molecular weight is 425 g/mol. The molecule has 0 aliphatic rings. The van der Waals surface area contributed by atoms with Gasteiger partial charge >= 0.3 is 0 Å². The van der Waals surface area contributed by atoms with E-state index in [9.17, 15) is 0 Å². The van der Waals surface area contributed by atoms with Crippen LogP contribution < -0.4 is 4.74 Å². The summed E-state index contributed by atoms with van der Waals surface area (Å²) in [4.78, 5) is 22.5. The molecule has 0 aromatic carbocycles. The second-order valence-corrected chi connectivity index (χ2v) is 7.89. The van der Waals surface area contributed by atoms with Crippen molar-refractivity contribution in [1.82, 2.24) is 35.1 Å². The van der Waals surface area contributed by atoms with Gasteiger partial charge in [0.05, 0.1) is 42.4 Å². The fourth-order valence-corrected chi connectivity index (χ4v) is 4.32. The van der Waals surface area contributed by atoms with Crippen LogP contribution >= 0.6 is 11.3 Å². The Morgan fingerprint density at radius 1 is 1.00 bits per heavy atom. The van der Waals surface area contributed by atoms with E-state index < -0.39 is 0 Å². The molecule has 0 saturated heterocycles. The molecule has 0 bridgehead atoms. The first-order valence-electron chi connectivity index (χ1n) is 9.51. The topological polar surface area (TPSA) is 105 Å². The van der Waals surface area contributed by atoms with Crippen LogP contribution in [0.4, 0.5) is 0 Å². The van der Waals surface area contributed by atoms with Crippen LogP contribution in [0.3, 0.4) is 0 Å². The van der Waals surface area contributed by atoms with Gasteiger partial charge in [-0.3, -0.25) is 20.1 Å². The molecular weight excluding hydrogens is 410 g/mol. The van der Waals surface area contributed by atoms with Crippen molar-refractivity contribution in [2.75, 3.05) is 7.11 Å². The van der Waals surface area contributed by atoms with E-state index in [1.54, 1.807) is 43.2 Å². The number of fused-ring (bicyclic) bond motifs is 2. The Labute approximate surface area is 180 Å². The van der Waals surface area contributed by atoms with Gasteiger partial charge in [0.15, 0.2) is 5.82 Å². The third kappa shape index (κ3) is 2.94. The molecule has 8 nitrogen and oxygen atoms in total. The molecule has 0 radical (unpaired) electrons. The van der Waals surface area contributed by atoms with Crippen molar-refractivity contribution in [2.45, 2.75) is 0 Å². The number of nitrogens with zero attached hydrogens (tertiary/aromatic N) is 5. The molecule has 2 N–H and O–H groups in total. The molecule has 9 heteroatoms. The lowest BCUT2D eigenvalue weighted by atomic mass is 10.1. The molecule has 150 valence electrons. The number of pyridine rings is 3. The molecule has 0 aliphatic carbocycles. The summed E-state index contributed by atoms with van der Waals surface area (Å²) in [6.45, 7) is 0. The summed E-state index contributed by atoms with van der Waals surface area (Å²) in [5.74, 6) is 1.35. The average Bonchev–Trinajstić information content (AvgIpc) is 3.57. The van der Waals surface area contributed by atoms with Crippen molar-refractivity contribution in [3.63, 3.8) is 0 Å². The number of imidazole rings is 1. The van der Waals surface area contributed by atoms with E-state index in [-0.39, 0.29) is 0 Å². The standard InChI is InChI=1S/C22H15N7OS/c1-30-13-5-12(7-23-8-13)16-6-14-17(11-25-16)28-29-21(14)22-26-18-10-24-9-15(20(18)27-22)19-3-2-4-31-19/h2-11H,1H3,(H,26,27)(H,28,29). The number of aromatic amines is 2. The van der Waals surface area contributed by atoms with Crippen LogP contribution in [0, 0.1) is 0 Å². The summed E-state index contributed by atoms with van der Waals surface area (Å²) in [5.41, 5.74) is 5.92. The molecule has 0 unspecified atom stereocenters. The highest BCUT2D eigenvalue weighted by Gasteiger charge is 2.17. The van der Waals surface area contributed by atoms with Gasteiger partial charge in [0, 0.05) is 33.8 Å². The van der Waals surface area contributed by atoms with Gasteiger partial charge in [-0.15, -0.1) is 11.3 Å². The van der Waals surface area contributed by atoms with Gasteiger partial charge in [0.25, 0.3) is 0 Å². The Hall–Kier alpha value is -4.11. The summed E-state index contributed by atoms with van der Waals surface area (Å²) < 4.78 is 5.29. The molecule has 0 saturated carbocycles. The van der Waals surface area contributed by atoms with Crippen molar-refractivity contribution in [3.05, 3.63) is 60.6 Å². The highest BCUT2D eigenvalue weighted by molar-refractivity contribution is 7.13. The minimum Gasteiger partial charge on any atom is -0.495 e. The number of H-pyrrole nitrogens is 2. The van der Waals surface area contributed by atoms with Gasteiger partial charge < -0.3 is 9.72 Å². The van der Waals surface area contributed by atoms with Crippen LogP contribution in [0.15, 0.2) is 60.6 Å². The zero-order valence-corrected chi connectivity index (χ0v) is 17.1. The number of ether oxygens (including phenoxy) is 1. The maximum Gasteiger partial charge on any atom is 0.159 e. The third-order valence-electron chi connectivity index (χ3n) is 5.10.